The summed E-state index contributed by atoms with van der Waals surface area (Å²) < 4.78 is 26.8. The highest BCUT2D eigenvalue weighted by atomic mass is 16.7. The van der Waals surface area contributed by atoms with E-state index in [1.54, 1.807) is 57.2 Å². The Labute approximate surface area is 247 Å². The standard InChI is InChI=1S/C32H43NO9/c1-19(2)22(6)28(34)41-26-15-14-24(16-27(26)42-29(35)23(7)20(3)4)18-32(33,30(36)38-8)17-21(5)39-31(37)40-25-12-10-9-11-13-25/h9-16,19-23H,17-18,33H2,1-8H3/t21?,22?,23?,32-/m1/s1. The Morgan fingerprint density at radius 3 is 1.83 bits per heavy atom. The first-order valence-corrected chi connectivity index (χ1v) is 14.0. The van der Waals surface area contributed by atoms with Gasteiger partial charge in [0.1, 0.15) is 17.4 Å². The molecule has 42 heavy (non-hydrogen) atoms. The minimum atomic E-state index is -1.63. The van der Waals surface area contributed by atoms with E-state index in [1.807, 2.05) is 27.7 Å². The third-order valence-electron chi connectivity index (χ3n) is 7.18. The predicted octanol–water partition coefficient (Wildman–Crippen LogP) is 5.49. The Morgan fingerprint density at radius 1 is 0.762 bits per heavy atom. The van der Waals surface area contributed by atoms with Crippen molar-refractivity contribution in [3.63, 3.8) is 0 Å². The van der Waals surface area contributed by atoms with E-state index in [9.17, 15) is 19.2 Å². The zero-order chi connectivity index (χ0) is 31.6. The SMILES string of the molecule is COC(=O)[C@](N)(Cc1ccc(OC(=O)C(C)C(C)C)c(OC(=O)C(C)C(C)C)c1)CC(C)OC(=O)Oc1ccccc1. The lowest BCUT2D eigenvalue weighted by atomic mass is 9.86. The van der Waals surface area contributed by atoms with Gasteiger partial charge in [0.15, 0.2) is 11.5 Å². The first-order chi connectivity index (χ1) is 19.7. The summed E-state index contributed by atoms with van der Waals surface area (Å²) in [5.41, 5.74) is 5.42. The zero-order valence-corrected chi connectivity index (χ0v) is 25.7. The number of carbonyl (C=O) groups is 4. The van der Waals surface area contributed by atoms with Gasteiger partial charge in [-0.1, -0.05) is 65.8 Å². The van der Waals surface area contributed by atoms with Gasteiger partial charge in [-0.2, -0.15) is 0 Å². The average Bonchev–Trinajstić information content (AvgIpc) is 2.92. The van der Waals surface area contributed by atoms with Crippen molar-refractivity contribution in [2.45, 2.75) is 73.0 Å². The second-order valence-electron chi connectivity index (χ2n) is 11.3. The third kappa shape index (κ3) is 9.87. The molecule has 0 aliphatic heterocycles. The number of carbonyl (C=O) groups excluding carboxylic acids is 4. The second-order valence-corrected chi connectivity index (χ2v) is 11.3. The van der Waals surface area contributed by atoms with Crippen LogP contribution in [0.1, 0.15) is 60.5 Å². The summed E-state index contributed by atoms with van der Waals surface area (Å²) >= 11 is 0. The Bertz CT molecular complexity index is 1230. The summed E-state index contributed by atoms with van der Waals surface area (Å²) in [6.45, 7) is 12.7. The molecule has 4 atom stereocenters. The van der Waals surface area contributed by atoms with Crippen molar-refractivity contribution in [1.82, 2.24) is 0 Å². The summed E-state index contributed by atoms with van der Waals surface area (Å²) in [7, 11) is 1.21. The van der Waals surface area contributed by atoms with Gasteiger partial charge in [-0.05, 0) is 48.6 Å². The number of methoxy groups -OCH3 is 1. The van der Waals surface area contributed by atoms with Crippen LogP contribution in [0.2, 0.25) is 0 Å². The smallest absolute Gasteiger partial charge is 0.468 e. The topological polar surface area (TPSA) is 140 Å². The molecule has 2 aromatic rings. The van der Waals surface area contributed by atoms with Crippen molar-refractivity contribution >= 4 is 24.1 Å². The minimum Gasteiger partial charge on any atom is -0.468 e. The van der Waals surface area contributed by atoms with Crippen LogP contribution in [0.3, 0.4) is 0 Å². The van der Waals surface area contributed by atoms with Crippen molar-refractivity contribution in [2.75, 3.05) is 7.11 Å². The molecule has 0 saturated heterocycles. The molecular weight excluding hydrogens is 542 g/mol. The largest absolute Gasteiger partial charge is 0.514 e. The molecule has 230 valence electrons. The van der Waals surface area contributed by atoms with Gasteiger partial charge >= 0.3 is 24.1 Å². The van der Waals surface area contributed by atoms with E-state index < -0.39 is 47.5 Å². The molecule has 2 N–H and O–H groups in total. The van der Waals surface area contributed by atoms with Crippen LogP contribution in [0.4, 0.5) is 4.79 Å². The fraction of sp³-hybridized carbons (Fsp3) is 0.500. The van der Waals surface area contributed by atoms with Gasteiger partial charge in [-0.3, -0.25) is 14.4 Å². The van der Waals surface area contributed by atoms with E-state index in [0.717, 1.165) is 0 Å². The molecular formula is C32H43NO9. The predicted molar refractivity (Wildman–Crippen MR) is 156 cm³/mol. The van der Waals surface area contributed by atoms with Crippen LogP contribution in [-0.2, 0) is 30.3 Å². The van der Waals surface area contributed by atoms with Crippen LogP contribution >= 0.6 is 0 Å². The number of nitrogens with two attached hydrogens (primary N) is 1. The van der Waals surface area contributed by atoms with Crippen LogP contribution in [0.25, 0.3) is 0 Å². The van der Waals surface area contributed by atoms with E-state index >= 15 is 0 Å². The van der Waals surface area contributed by atoms with Gasteiger partial charge < -0.3 is 29.4 Å². The lowest BCUT2D eigenvalue weighted by Crippen LogP contribution is -2.53. The van der Waals surface area contributed by atoms with Gasteiger partial charge in [-0.25, -0.2) is 4.79 Å². The maximum atomic E-state index is 12.9. The molecule has 0 bridgehead atoms. The Kier molecular flexibility index (Phi) is 12.5. The maximum Gasteiger partial charge on any atom is 0.514 e. The summed E-state index contributed by atoms with van der Waals surface area (Å²) in [6.07, 6.45) is -1.95. The van der Waals surface area contributed by atoms with Gasteiger partial charge in [0, 0.05) is 12.8 Å². The van der Waals surface area contributed by atoms with Crippen LogP contribution < -0.4 is 19.9 Å². The highest BCUT2D eigenvalue weighted by molar-refractivity contribution is 5.81. The molecule has 10 heteroatoms. The lowest BCUT2D eigenvalue weighted by Gasteiger charge is -2.29. The molecule has 0 aliphatic rings. The van der Waals surface area contributed by atoms with Crippen LogP contribution in [0.5, 0.6) is 17.2 Å². The molecule has 3 unspecified atom stereocenters. The molecule has 0 amide bonds. The normalized spacial score (nSPS) is 14.7. The molecule has 0 radical (unpaired) electrons. The molecule has 2 rings (SSSR count). The van der Waals surface area contributed by atoms with Crippen molar-refractivity contribution in [3.05, 3.63) is 54.1 Å². The summed E-state index contributed by atoms with van der Waals surface area (Å²) in [4.78, 5) is 50.7. The third-order valence-corrected chi connectivity index (χ3v) is 7.18. The van der Waals surface area contributed by atoms with Gasteiger partial charge in [0.2, 0.25) is 0 Å². The first kappa shape index (κ1) is 34.3. The van der Waals surface area contributed by atoms with Crippen LogP contribution in [0.15, 0.2) is 48.5 Å². The minimum absolute atomic E-state index is 0.0127. The number of benzene rings is 2. The molecule has 0 spiro atoms. The van der Waals surface area contributed by atoms with E-state index in [0.29, 0.717) is 11.3 Å². The number of para-hydroxylation sites is 1. The van der Waals surface area contributed by atoms with E-state index in [1.165, 1.54) is 19.2 Å². The lowest BCUT2D eigenvalue weighted by molar-refractivity contribution is -0.148. The fourth-order valence-corrected chi connectivity index (χ4v) is 3.90. The molecule has 0 aliphatic carbocycles. The number of rotatable bonds is 13. The molecule has 0 aromatic heterocycles. The second kappa shape index (κ2) is 15.3. The highest BCUT2D eigenvalue weighted by Gasteiger charge is 2.38. The number of hydrogen-bond acceptors (Lipinski definition) is 10. The molecule has 0 fully saturated rings. The quantitative estimate of drug-likeness (QED) is 0.182. The summed E-state index contributed by atoms with van der Waals surface area (Å²) in [5.74, 6) is -2.07. The molecule has 10 nitrogen and oxygen atoms in total. The van der Waals surface area contributed by atoms with Gasteiger partial charge in [0.25, 0.3) is 0 Å². The zero-order valence-electron chi connectivity index (χ0n) is 25.7. The number of hydrogen-bond donors (Lipinski definition) is 1. The number of esters is 3. The Balaban J connectivity index is 2.32. The Hall–Kier alpha value is -3.92. The van der Waals surface area contributed by atoms with Crippen molar-refractivity contribution in [3.8, 4) is 17.2 Å². The highest BCUT2D eigenvalue weighted by Crippen LogP contribution is 2.33. The molecule has 2 aromatic carbocycles. The van der Waals surface area contributed by atoms with Crippen molar-refractivity contribution in [2.24, 2.45) is 29.4 Å². The van der Waals surface area contributed by atoms with Crippen LogP contribution in [0, 0.1) is 23.7 Å². The van der Waals surface area contributed by atoms with E-state index in [-0.39, 0.29) is 36.2 Å². The summed E-state index contributed by atoms with van der Waals surface area (Å²) in [6, 6.07) is 13.0. The maximum absolute atomic E-state index is 12.9. The fourth-order valence-electron chi connectivity index (χ4n) is 3.90. The average molecular weight is 586 g/mol. The number of ether oxygens (including phenoxy) is 5. The summed E-state index contributed by atoms with van der Waals surface area (Å²) in [5, 5.41) is 0. The first-order valence-electron chi connectivity index (χ1n) is 14.0. The van der Waals surface area contributed by atoms with Gasteiger partial charge in [0.05, 0.1) is 18.9 Å². The molecule has 0 heterocycles. The van der Waals surface area contributed by atoms with E-state index in [4.69, 9.17) is 29.4 Å². The monoisotopic (exact) mass is 585 g/mol. The van der Waals surface area contributed by atoms with E-state index in [2.05, 4.69) is 0 Å². The van der Waals surface area contributed by atoms with Crippen molar-refractivity contribution < 1.29 is 42.9 Å². The van der Waals surface area contributed by atoms with Gasteiger partial charge in [-0.15, -0.1) is 0 Å². The van der Waals surface area contributed by atoms with Crippen LogP contribution in [-0.4, -0.2) is 42.8 Å². The Morgan fingerprint density at radius 2 is 1.31 bits per heavy atom. The van der Waals surface area contributed by atoms with Crippen molar-refractivity contribution in [1.29, 1.82) is 0 Å². The molecule has 0 saturated carbocycles.